The summed E-state index contributed by atoms with van der Waals surface area (Å²) >= 11 is 6.96. The summed E-state index contributed by atoms with van der Waals surface area (Å²) in [7, 11) is -2.59. The average Bonchev–Trinajstić information content (AvgIpc) is 3.09. The van der Waals surface area contributed by atoms with E-state index in [1.165, 1.54) is 10.9 Å². The summed E-state index contributed by atoms with van der Waals surface area (Å²) in [6.45, 7) is 1.71. The van der Waals surface area contributed by atoms with E-state index in [0.29, 0.717) is 10.7 Å². The lowest BCUT2D eigenvalue weighted by Crippen LogP contribution is -2.31. The number of halogens is 1. The van der Waals surface area contributed by atoms with Crippen molar-refractivity contribution in [2.45, 2.75) is 11.9 Å². The predicted molar refractivity (Wildman–Crippen MR) is 80.7 cm³/mol. The van der Waals surface area contributed by atoms with Crippen LogP contribution in [0.15, 0.2) is 23.7 Å². The minimum Gasteiger partial charge on any atom is -0.324 e. The second-order valence-corrected chi connectivity index (χ2v) is 7.42. The van der Waals surface area contributed by atoms with Crippen LogP contribution < -0.4 is 4.72 Å². The Bertz CT molecular complexity index is 985. The zero-order valence-corrected chi connectivity index (χ0v) is 13.8. The van der Waals surface area contributed by atoms with Crippen molar-refractivity contribution in [1.29, 1.82) is 0 Å². The van der Waals surface area contributed by atoms with Crippen molar-refractivity contribution in [2.24, 2.45) is 7.05 Å². The van der Waals surface area contributed by atoms with Crippen LogP contribution in [0.1, 0.15) is 15.4 Å². The van der Waals surface area contributed by atoms with E-state index in [1.807, 2.05) is 4.72 Å². The molecule has 0 aliphatic heterocycles. The van der Waals surface area contributed by atoms with E-state index in [0.717, 1.165) is 11.3 Å². The molecule has 3 heterocycles. The predicted octanol–water partition coefficient (Wildman–Crippen LogP) is 1.21. The van der Waals surface area contributed by atoms with Gasteiger partial charge in [0.25, 0.3) is 15.9 Å². The van der Waals surface area contributed by atoms with E-state index >= 15 is 0 Å². The summed E-state index contributed by atoms with van der Waals surface area (Å²) in [5.74, 6) is -0.741. The normalized spacial score (nSPS) is 12.0. The van der Waals surface area contributed by atoms with Crippen LogP contribution in [0.2, 0.25) is 5.15 Å². The first-order valence-corrected chi connectivity index (χ1v) is 8.65. The Morgan fingerprint density at radius 1 is 1.41 bits per heavy atom. The summed E-state index contributed by atoms with van der Waals surface area (Å²) < 4.78 is 29.4. The number of aryl methyl sites for hydroxylation is 2. The molecule has 0 saturated heterocycles. The summed E-state index contributed by atoms with van der Waals surface area (Å²) in [4.78, 5) is 20.9. The smallest absolute Gasteiger partial charge is 0.284 e. The standard InChI is InChI=1S/C11H10ClN5O3S2/c1-6-7(21-11-13-3-4-17(6)11)9(18)15-22(19,20)10-8(12)16(2)5-14-10/h3-5H,1-2H3,(H,15,18). The fourth-order valence-corrected chi connectivity index (χ4v) is 4.33. The topological polar surface area (TPSA) is 98.4 Å². The molecule has 0 spiro atoms. The molecular formula is C11H10ClN5O3S2. The van der Waals surface area contributed by atoms with Gasteiger partial charge in [0, 0.05) is 25.1 Å². The Morgan fingerprint density at radius 3 is 2.73 bits per heavy atom. The number of aromatic nitrogens is 4. The maximum absolute atomic E-state index is 12.2. The molecule has 0 fully saturated rings. The van der Waals surface area contributed by atoms with Crippen LogP contribution in [-0.2, 0) is 17.1 Å². The molecule has 0 aliphatic rings. The second kappa shape index (κ2) is 5.07. The lowest BCUT2D eigenvalue weighted by Gasteiger charge is -2.04. The SMILES string of the molecule is Cc1c(C(=O)NS(=O)(=O)c2ncn(C)c2Cl)sc2nccn12. The molecule has 8 nitrogen and oxygen atoms in total. The van der Waals surface area contributed by atoms with Gasteiger partial charge >= 0.3 is 0 Å². The number of carbonyl (C=O) groups excluding carboxylic acids is 1. The number of thiazole rings is 1. The van der Waals surface area contributed by atoms with Crippen LogP contribution in [0.25, 0.3) is 4.96 Å². The van der Waals surface area contributed by atoms with Gasteiger partial charge in [-0.15, -0.1) is 0 Å². The third-order valence-electron chi connectivity index (χ3n) is 3.01. The highest BCUT2D eigenvalue weighted by atomic mass is 35.5. The molecule has 0 unspecified atom stereocenters. The minimum absolute atomic E-state index is 0.0713. The molecule has 116 valence electrons. The summed E-state index contributed by atoms with van der Waals surface area (Å²) in [6, 6.07) is 0. The van der Waals surface area contributed by atoms with Gasteiger partial charge in [-0.3, -0.25) is 9.20 Å². The number of hydrogen-bond donors (Lipinski definition) is 1. The number of hydrogen-bond acceptors (Lipinski definition) is 6. The number of fused-ring (bicyclic) bond motifs is 1. The lowest BCUT2D eigenvalue weighted by molar-refractivity contribution is 0.0984. The van der Waals surface area contributed by atoms with Crippen LogP contribution in [0, 0.1) is 6.92 Å². The zero-order chi connectivity index (χ0) is 16.1. The number of nitrogens with one attached hydrogen (secondary N) is 1. The summed E-state index contributed by atoms with van der Waals surface area (Å²) in [6.07, 6.45) is 4.55. The van der Waals surface area contributed by atoms with Crippen molar-refractivity contribution >= 4 is 43.8 Å². The molecule has 0 bridgehead atoms. The van der Waals surface area contributed by atoms with Crippen LogP contribution in [0.5, 0.6) is 0 Å². The van der Waals surface area contributed by atoms with E-state index in [1.54, 1.807) is 30.8 Å². The van der Waals surface area contributed by atoms with Gasteiger partial charge in [0.2, 0.25) is 5.03 Å². The molecule has 1 amide bonds. The Balaban J connectivity index is 1.95. The minimum atomic E-state index is -4.14. The Morgan fingerprint density at radius 2 is 2.14 bits per heavy atom. The average molecular weight is 360 g/mol. The van der Waals surface area contributed by atoms with Crippen LogP contribution in [0.3, 0.4) is 0 Å². The summed E-state index contributed by atoms with van der Waals surface area (Å²) in [5.41, 5.74) is 0.609. The number of nitrogens with zero attached hydrogens (tertiary/aromatic N) is 4. The Hall–Kier alpha value is -1.91. The molecule has 0 aliphatic carbocycles. The zero-order valence-electron chi connectivity index (χ0n) is 11.4. The highest BCUT2D eigenvalue weighted by molar-refractivity contribution is 7.90. The highest BCUT2D eigenvalue weighted by Crippen LogP contribution is 2.23. The fraction of sp³-hybridized carbons (Fsp3) is 0.182. The largest absolute Gasteiger partial charge is 0.324 e. The Kier molecular flexibility index (Phi) is 3.46. The van der Waals surface area contributed by atoms with Gasteiger partial charge < -0.3 is 4.57 Å². The van der Waals surface area contributed by atoms with Gasteiger partial charge in [-0.1, -0.05) is 22.9 Å². The lowest BCUT2D eigenvalue weighted by atomic mass is 10.4. The van der Waals surface area contributed by atoms with Gasteiger partial charge in [-0.05, 0) is 6.92 Å². The van der Waals surface area contributed by atoms with Crippen molar-refractivity contribution in [3.63, 3.8) is 0 Å². The number of carbonyl (C=O) groups is 1. The van der Waals surface area contributed by atoms with E-state index in [4.69, 9.17) is 11.6 Å². The first kappa shape index (κ1) is 15.0. The maximum atomic E-state index is 12.2. The summed E-state index contributed by atoms with van der Waals surface area (Å²) in [5, 5.41) is -0.456. The molecule has 1 N–H and O–H groups in total. The van der Waals surface area contributed by atoms with Crippen LogP contribution in [-0.4, -0.2) is 33.3 Å². The molecule has 0 radical (unpaired) electrons. The van der Waals surface area contributed by atoms with E-state index < -0.39 is 15.9 Å². The van der Waals surface area contributed by atoms with E-state index in [2.05, 4.69) is 9.97 Å². The van der Waals surface area contributed by atoms with Crippen molar-refractivity contribution in [1.82, 2.24) is 23.7 Å². The van der Waals surface area contributed by atoms with Gasteiger partial charge in [-0.2, -0.15) is 8.42 Å². The highest BCUT2D eigenvalue weighted by Gasteiger charge is 2.27. The third kappa shape index (κ3) is 2.28. The van der Waals surface area contributed by atoms with Gasteiger partial charge in [0.1, 0.15) is 10.0 Å². The van der Waals surface area contributed by atoms with E-state index in [9.17, 15) is 13.2 Å². The second-order valence-electron chi connectivity index (χ2n) is 4.48. The van der Waals surface area contributed by atoms with E-state index in [-0.39, 0.29) is 15.1 Å². The first-order valence-electron chi connectivity index (χ1n) is 5.97. The first-order chi connectivity index (χ1) is 10.3. The quantitative estimate of drug-likeness (QED) is 0.757. The fourth-order valence-electron chi connectivity index (χ4n) is 1.90. The molecule has 11 heteroatoms. The molecule has 22 heavy (non-hydrogen) atoms. The van der Waals surface area contributed by atoms with Gasteiger partial charge in [0.15, 0.2) is 4.96 Å². The Labute approximate surface area is 134 Å². The van der Waals surface area contributed by atoms with Crippen LogP contribution >= 0.6 is 22.9 Å². The monoisotopic (exact) mass is 359 g/mol. The molecule has 0 aromatic carbocycles. The number of amides is 1. The molecule has 0 atom stereocenters. The number of imidazole rings is 2. The van der Waals surface area contributed by atoms with Gasteiger partial charge in [-0.25, -0.2) is 14.7 Å². The molecule has 3 aromatic heterocycles. The van der Waals surface area contributed by atoms with Crippen molar-refractivity contribution in [3.8, 4) is 0 Å². The number of sulfonamides is 1. The van der Waals surface area contributed by atoms with Crippen molar-refractivity contribution in [3.05, 3.63) is 34.4 Å². The molecule has 3 aromatic rings. The molecule has 3 rings (SSSR count). The van der Waals surface area contributed by atoms with Crippen molar-refractivity contribution < 1.29 is 13.2 Å². The number of rotatable bonds is 3. The van der Waals surface area contributed by atoms with Crippen LogP contribution in [0.4, 0.5) is 0 Å². The maximum Gasteiger partial charge on any atom is 0.284 e. The van der Waals surface area contributed by atoms with Crippen molar-refractivity contribution in [2.75, 3.05) is 0 Å². The molecule has 0 saturated carbocycles. The third-order valence-corrected chi connectivity index (χ3v) is 6.00. The van der Waals surface area contributed by atoms with Gasteiger partial charge in [0.05, 0.1) is 6.33 Å². The molecular weight excluding hydrogens is 350 g/mol.